The van der Waals surface area contributed by atoms with Crippen LogP contribution in [-0.2, 0) is 14.2 Å². The van der Waals surface area contributed by atoms with Crippen LogP contribution < -0.4 is 11.1 Å². The Labute approximate surface area is 240 Å². The van der Waals surface area contributed by atoms with E-state index in [1.54, 1.807) is 0 Å². The Hall–Kier alpha value is -4.72. The highest BCUT2D eigenvalue weighted by Gasteiger charge is 2.20. The van der Waals surface area contributed by atoms with Gasteiger partial charge in [0.25, 0.3) is 11.1 Å². The van der Waals surface area contributed by atoms with E-state index in [0.717, 1.165) is 21.5 Å². The molecule has 13 nitrogen and oxygen atoms in total. The lowest BCUT2D eigenvalue weighted by molar-refractivity contribution is 0.0141. The predicted molar refractivity (Wildman–Crippen MR) is 144 cm³/mol. The number of hydrogen-bond acceptors (Lipinski definition) is 11. The van der Waals surface area contributed by atoms with Crippen LogP contribution in [0.2, 0.25) is 10.0 Å². The number of aromatic nitrogens is 4. The zero-order valence-corrected chi connectivity index (χ0v) is 22.4. The summed E-state index contributed by atoms with van der Waals surface area (Å²) in [5.41, 5.74) is -1.68. The van der Waals surface area contributed by atoms with E-state index in [1.807, 2.05) is 0 Å². The van der Waals surface area contributed by atoms with E-state index in [0.29, 0.717) is 21.4 Å². The van der Waals surface area contributed by atoms with Crippen molar-refractivity contribution in [3.05, 3.63) is 103 Å². The third kappa shape index (κ3) is 7.28. The van der Waals surface area contributed by atoms with E-state index < -0.39 is 45.9 Å². The molecule has 0 aliphatic rings. The second kappa shape index (κ2) is 13.1. The summed E-state index contributed by atoms with van der Waals surface area (Å²) in [6.07, 6.45) is 0. The maximum absolute atomic E-state index is 12.4. The van der Waals surface area contributed by atoms with Gasteiger partial charge in [-0.3, -0.25) is 9.59 Å². The van der Waals surface area contributed by atoms with E-state index in [1.165, 1.54) is 48.5 Å². The van der Waals surface area contributed by atoms with Gasteiger partial charge in [-0.2, -0.15) is 19.6 Å². The Morgan fingerprint density at radius 2 is 1.02 bits per heavy atom. The summed E-state index contributed by atoms with van der Waals surface area (Å²) in [5, 5.41) is 28.6. The second-order valence-electron chi connectivity index (χ2n) is 8.09. The molecule has 2 aromatic heterocycles. The lowest BCUT2D eigenvalue weighted by Gasteiger charge is -2.10. The zero-order chi connectivity index (χ0) is 29.5. The number of hydrogen-bond donors (Lipinski definition) is 2. The highest BCUT2D eigenvalue weighted by molar-refractivity contribution is 6.30. The Balaban J connectivity index is 1.26. The maximum atomic E-state index is 12.4. The molecule has 15 heteroatoms. The van der Waals surface area contributed by atoms with Crippen molar-refractivity contribution >= 4 is 35.1 Å². The maximum Gasteiger partial charge on any atom is 0.362 e. The molecule has 4 rings (SSSR count). The van der Waals surface area contributed by atoms with Crippen LogP contribution in [0, 0.1) is 0 Å². The zero-order valence-electron chi connectivity index (χ0n) is 20.9. The Kier molecular flexibility index (Phi) is 9.34. The predicted octanol–water partition coefficient (Wildman–Crippen LogP) is 2.53. The fourth-order valence-electron chi connectivity index (χ4n) is 3.34. The van der Waals surface area contributed by atoms with Crippen LogP contribution in [0.5, 0.6) is 11.5 Å². The summed E-state index contributed by atoms with van der Waals surface area (Å²) >= 11 is 11.7. The van der Waals surface area contributed by atoms with Gasteiger partial charge in [0.15, 0.2) is 11.5 Å². The first-order chi connectivity index (χ1) is 19.6. The van der Waals surface area contributed by atoms with Crippen molar-refractivity contribution < 1.29 is 34.0 Å². The van der Waals surface area contributed by atoms with Gasteiger partial charge in [0.1, 0.15) is 13.2 Å². The standard InChI is InChI=1S/C26H20Cl2N4O9/c27-15-1-5-17(6-2-15)31-21(35)13-19(33)23(29-31)25(37)40-11-9-39-10-12-41-26(38)24-20(34)14-22(36)32(30-24)18-7-3-16(28)4-8-18/h1-8,13-14,33-34H,9-12H2. The van der Waals surface area contributed by atoms with Gasteiger partial charge in [0, 0.05) is 22.2 Å². The monoisotopic (exact) mass is 602 g/mol. The number of ether oxygens (including phenoxy) is 3. The number of benzene rings is 2. The Morgan fingerprint density at radius 1 is 0.659 bits per heavy atom. The largest absolute Gasteiger partial charge is 0.505 e. The van der Waals surface area contributed by atoms with Crippen molar-refractivity contribution in [2.24, 2.45) is 0 Å². The molecule has 0 aliphatic heterocycles. The van der Waals surface area contributed by atoms with Crippen molar-refractivity contribution in [3.63, 3.8) is 0 Å². The normalized spacial score (nSPS) is 10.8. The van der Waals surface area contributed by atoms with Crippen LogP contribution in [0.4, 0.5) is 0 Å². The minimum Gasteiger partial charge on any atom is -0.505 e. The van der Waals surface area contributed by atoms with E-state index in [-0.39, 0.29) is 26.4 Å². The minimum absolute atomic E-state index is 0.105. The van der Waals surface area contributed by atoms with Gasteiger partial charge < -0.3 is 24.4 Å². The molecule has 0 amide bonds. The van der Waals surface area contributed by atoms with Gasteiger partial charge in [-0.25, -0.2) is 9.59 Å². The van der Waals surface area contributed by atoms with Gasteiger partial charge in [-0.05, 0) is 48.5 Å². The van der Waals surface area contributed by atoms with Crippen LogP contribution in [0.15, 0.2) is 70.3 Å². The number of carbonyl (C=O) groups excluding carboxylic acids is 2. The molecule has 0 unspecified atom stereocenters. The van der Waals surface area contributed by atoms with Crippen LogP contribution in [0.1, 0.15) is 21.0 Å². The summed E-state index contributed by atoms with van der Waals surface area (Å²) < 4.78 is 17.1. The fraction of sp³-hybridized carbons (Fsp3) is 0.154. The van der Waals surface area contributed by atoms with Crippen LogP contribution in [0.3, 0.4) is 0 Å². The van der Waals surface area contributed by atoms with Crippen molar-refractivity contribution in [2.75, 3.05) is 26.4 Å². The van der Waals surface area contributed by atoms with Crippen LogP contribution in [-0.4, -0.2) is 68.1 Å². The molecule has 0 saturated heterocycles. The topological polar surface area (TPSA) is 172 Å². The summed E-state index contributed by atoms with van der Waals surface area (Å²) in [5.74, 6) is -3.31. The lowest BCUT2D eigenvalue weighted by atomic mass is 10.3. The number of esters is 2. The third-order valence-corrected chi connectivity index (χ3v) is 5.78. The van der Waals surface area contributed by atoms with Gasteiger partial charge in [-0.15, -0.1) is 0 Å². The quantitative estimate of drug-likeness (QED) is 0.202. The average Bonchev–Trinajstić information content (AvgIpc) is 2.93. The van der Waals surface area contributed by atoms with Crippen LogP contribution in [0.25, 0.3) is 11.4 Å². The van der Waals surface area contributed by atoms with E-state index >= 15 is 0 Å². The first kappa shape index (κ1) is 29.3. The molecule has 0 spiro atoms. The number of rotatable bonds is 10. The number of carbonyl (C=O) groups is 2. The number of nitrogens with zero attached hydrogens (tertiary/aromatic N) is 4. The highest BCUT2D eigenvalue weighted by atomic mass is 35.5. The van der Waals surface area contributed by atoms with Gasteiger partial charge in [0.2, 0.25) is 11.4 Å². The molecule has 0 saturated carbocycles. The molecule has 41 heavy (non-hydrogen) atoms. The molecule has 212 valence electrons. The number of halogens is 2. The van der Waals surface area contributed by atoms with Gasteiger partial charge in [-0.1, -0.05) is 23.2 Å². The first-order valence-electron chi connectivity index (χ1n) is 11.7. The molecule has 4 aromatic rings. The smallest absolute Gasteiger partial charge is 0.362 e. The molecule has 2 N–H and O–H groups in total. The molecular weight excluding hydrogens is 583 g/mol. The molecule has 0 fully saturated rings. The average molecular weight is 603 g/mol. The number of aromatic hydroxyl groups is 2. The van der Waals surface area contributed by atoms with Crippen LogP contribution >= 0.6 is 23.2 Å². The molecule has 0 aliphatic carbocycles. The molecule has 0 bridgehead atoms. The fourth-order valence-corrected chi connectivity index (χ4v) is 3.60. The summed E-state index contributed by atoms with van der Waals surface area (Å²) in [6, 6.07) is 13.8. The first-order valence-corrected chi connectivity index (χ1v) is 12.5. The third-order valence-electron chi connectivity index (χ3n) is 5.27. The van der Waals surface area contributed by atoms with E-state index in [4.69, 9.17) is 37.4 Å². The summed E-state index contributed by atoms with van der Waals surface area (Å²) in [6.45, 7) is -0.706. The second-order valence-corrected chi connectivity index (χ2v) is 8.97. The molecule has 2 heterocycles. The minimum atomic E-state index is -1.00. The summed E-state index contributed by atoms with van der Waals surface area (Å²) in [4.78, 5) is 49.1. The van der Waals surface area contributed by atoms with Crippen molar-refractivity contribution in [1.29, 1.82) is 0 Å². The lowest BCUT2D eigenvalue weighted by Crippen LogP contribution is -2.24. The van der Waals surface area contributed by atoms with E-state index in [2.05, 4.69) is 10.2 Å². The van der Waals surface area contributed by atoms with Gasteiger partial charge >= 0.3 is 11.9 Å². The molecule has 0 radical (unpaired) electrons. The van der Waals surface area contributed by atoms with Crippen molar-refractivity contribution in [2.45, 2.75) is 0 Å². The Bertz CT molecular complexity index is 1560. The SMILES string of the molecule is O=C(OCCOCCOC(=O)c1nn(-c2ccc(Cl)cc2)c(=O)cc1O)c1nn(-c2ccc(Cl)cc2)c(=O)cc1O. The Morgan fingerprint density at radius 3 is 1.39 bits per heavy atom. The highest BCUT2D eigenvalue weighted by Crippen LogP contribution is 2.17. The van der Waals surface area contributed by atoms with Crippen molar-refractivity contribution in [3.8, 4) is 22.9 Å². The van der Waals surface area contributed by atoms with Gasteiger partial charge in [0.05, 0.1) is 24.6 Å². The van der Waals surface area contributed by atoms with E-state index in [9.17, 15) is 29.4 Å². The summed E-state index contributed by atoms with van der Waals surface area (Å²) in [7, 11) is 0. The molecule has 0 atom stereocenters. The molecular formula is C26H20Cl2N4O9. The molecule has 2 aromatic carbocycles. The van der Waals surface area contributed by atoms with Crippen molar-refractivity contribution in [1.82, 2.24) is 19.6 Å².